The highest BCUT2D eigenvalue weighted by Crippen LogP contribution is 2.18. The zero-order valence-corrected chi connectivity index (χ0v) is 8.65. The highest BCUT2D eigenvalue weighted by Gasteiger charge is 2.24. The number of carbonyl (C=O) groups is 1. The van der Waals surface area contributed by atoms with E-state index in [9.17, 15) is 4.79 Å². The van der Waals surface area contributed by atoms with Crippen molar-refractivity contribution >= 4 is 11.9 Å². The van der Waals surface area contributed by atoms with Crippen LogP contribution in [0.2, 0.25) is 0 Å². The topological polar surface area (TPSA) is 38.7 Å². The van der Waals surface area contributed by atoms with Crippen molar-refractivity contribution in [3.05, 3.63) is 47.2 Å². The zero-order chi connectivity index (χ0) is 10.8. The molecule has 0 unspecified atom stereocenters. The smallest absolute Gasteiger partial charge is 0.363 e. The molecule has 76 valence electrons. The number of cyclic esters (lactones) is 1. The van der Waals surface area contributed by atoms with E-state index in [0.29, 0.717) is 11.6 Å². The third-order valence-corrected chi connectivity index (χ3v) is 2.09. The van der Waals surface area contributed by atoms with E-state index in [1.165, 1.54) is 0 Å². The van der Waals surface area contributed by atoms with E-state index in [1.807, 2.05) is 44.2 Å². The first kappa shape index (κ1) is 9.65. The first-order valence-corrected chi connectivity index (χ1v) is 4.72. The Morgan fingerprint density at radius 2 is 1.87 bits per heavy atom. The maximum absolute atomic E-state index is 11.4. The number of hydrogen-bond donors (Lipinski definition) is 0. The van der Waals surface area contributed by atoms with Crippen LogP contribution in [0, 0.1) is 0 Å². The van der Waals surface area contributed by atoms with Gasteiger partial charge in [-0.3, -0.25) is 0 Å². The molecule has 1 heterocycles. The van der Waals surface area contributed by atoms with Crippen molar-refractivity contribution in [1.82, 2.24) is 0 Å². The summed E-state index contributed by atoms with van der Waals surface area (Å²) in [5.74, 6) is 0.0191. The van der Waals surface area contributed by atoms with Crippen molar-refractivity contribution in [3.8, 4) is 0 Å². The monoisotopic (exact) mass is 201 g/mol. The summed E-state index contributed by atoms with van der Waals surface area (Å²) in [7, 11) is 0. The number of hydrogen-bond acceptors (Lipinski definition) is 3. The van der Waals surface area contributed by atoms with Crippen molar-refractivity contribution in [2.45, 2.75) is 13.8 Å². The Kier molecular flexibility index (Phi) is 2.37. The van der Waals surface area contributed by atoms with E-state index in [1.54, 1.807) is 0 Å². The fourth-order valence-electron chi connectivity index (χ4n) is 1.33. The average Bonchev–Trinajstić information content (AvgIpc) is 2.62. The Balaban J connectivity index is 2.40. The van der Waals surface area contributed by atoms with E-state index in [4.69, 9.17) is 4.74 Å². The van der Waals surface area contributed by atoms with Crippen LogP contribution < -0.4 is 0 Å². The molecule has 0 spiro atoms. The van der Waals surface area contributed by atoms with Crippen LogP contribution in [0.5, 0.6) is 0 Å². The van der Waals surface area contributed by atoms with Crippen molar-refractivity contribution < 1.29 is 9.53 Å². The largest absolute Gasteiger partial charge is 0.402 e. The molecule has 1 aromatic carbocycles. The maximum Gasteiger partial charge on any atom is 0.363 e. The second kappa shape index (κ2) is 3.69. The molecule has 0 atom stereocenters. The molecule has 0 saturated carbocycles. The number of esters is 1. The molecular weight excluding hydrogens is 190 g/mol. The van der Waals surface area contributed by atoms with E-state index in [-0.39, 0.29) is 5.97 Å². The standard InChI is InChI=1S/C12H11NO2/c1-8(2)10-12(14)15-11(13-10)9-6-4-3-5-7-9/h3-7H,1-2H3. The molecule has 0 N–H and O–H groups in total. The highest BCUT2D eigenvalue weighted by atomic mass is 16.6. The summed E-state index contributed by atoms with van der Waals surface area (Å²) in [6.45, 7) is 3.68. The summed E-state index contributed by atoms with van der Waals surface area (Å²) >= 11 is 0. The summed E-state index contributed by atoms with van der Waals surface area (Å²) in [6.07, 6.45) is 0. The second-order valence-corrected chi connectivity index (χ2v) is 3.52. The zero-order valence-electron chi connectivity index (χ0n) is 8.65. The van der Waals surface area contributed by atoms with Gasteiger partial charge in [0, 0.05) is 5.56 Å². The SMILES string of the molecule is CC(C)=C1N=C(c2ccccc2)OC1=O. The van der Waals surface area contributed by atoms with Gasteiger partial charge in [0.15, 0.2) is 5.70 Å². The Labute approximate surface area is 88.1 Å². The van der Waals surface area contributed by atoms with Crippen LogP contribution in [0.1, 0.15) is 19.4 Å². The molecule has 3 nitrogen and oxygen atoms in total. The van der Waals surface area contributed by atoms with Gasteiger partial charge in [-0.2, -0.15) is 0 Å². The Morgan fingerprint density at radius 3 is 2.40 bits per heavy atom. The number of carbonyl (C=O) groups excluding carboxylic acids is 1. The number of nitrogens with zero attached hydrogens (tertiary/aromatic N) is 1. The Hall–Kier alpha value is -1.90. The lowest BCUT2D eigenvalue weighted by Gasteiger charge is -1.97. The summed E-state index contributed by atoms with van der Waals surface area (Å²) in [5.41, 5.74) is 2.10. The molecule has 3 heteroatoms. The summed E-state index contributed by atoms with van der Waals surface area (Å²) < 4.78 is 5.07. The fourth-order valence-corrected chi connectivity index (χ4v) is 1.33. The van der Waals surface area contributed by atoms with E-state index >= 15 is 0 Å². The number of aliphatic imine (C=N–C) groups is 1. The van der Waals surface area contributed by atoms with Gasteiger partial charge in [-0.05, 0) is 31.6 Å². The van der Waals surface area contributed by atoms with Crippen LogP contribution >= 0.6 is 0 Å². The maximum atomic E-state index is 11.4. The van der Waals surface area contributed by atoms with E-state index in [2.05, 4.69) is 4.99 Å². The molecule has 0 aliphatic carbocycles. The minimum Gasteiger partial charge on any atom is -0.402 e. The first-order chi connectivity index (χ1) is 7.18. The van der Waals surface area contributed by atoms with Gasteiger partial charge in [-0.1, -0.05) is 18.2 Å². The van der Waals surface area contributed by atoms with Gasteiger partial charge in [0.05, 0.1) is 0 Å². The van der Waals surface area contributed by atoms with Crippen LogP contribution in [-0.4, -0.2) is 11.9 Å². The lowest BCUT2D eigenvalue weighted by molar-refractivity contribution is -0.130. The third kappa shape index (κ3) is 1.81. The van der Waals surface area contributed by atoms with Gasteiger partial charge in [0.1, 0.15) is 0 Å². The van der Waals surface area contributed by atoms with Crippen molar-refractivity contribution in [2.75, 3.05) is 0 Å². The van der Waals surface area contributed by atoms with Crippen LogP contribution in [0.3, 0.4) is 0 Å². The molecule has 0 bridgehead atoms. The van der Waals surface area contributed by atoms with Gasteiger partial charge in [-0.15, -0.1) is 0 Å². The molecule has 1 aliphatic rings. The number of allylic oxidation sites excluding steroid dienone is 1. The van der Waals surface area contributed by atoms with Crippen LogP contribution in [0.4, 0.5) is 0 Å². The lowest BCUT2D eigenvalue weighted by atomic mass is 10.2. The highest BCUT2D eigenvalue weighted by molar-refractivity contribution is 6.11. The third-order valence-electron chi connectivity index (χ3n) is 2.09. The van der Waals surface area contributed by atoms with E-state index in [0.717, 1.165) is 11.1 Å². The quantitative estimate of drug-likeness (QED) is 0.516. The summed E-state index contributed by atoms with van der Waals surface area (Å²) in [4.78, 5) is 15.6. The number of ether oxygens (including phenoxy) is 1. The molecule has 2 rings (SSSR count). The van der Waals surface area contributed by atoms with Crippen molar-refractivity contribution in [1.29, 1.82) is 0 Å². The molecule has 0 fully saturated rings. The Morgan fingerprint density at radius 1 is 1.20 bits per heavy atom. The predicted molar refractivity (Wildman–Crippen MR) is 57.4 cm³/mol. The molecule has 0 amide bonds. The predicted octanol–water partition coefficient (Wildman–Crippen LogP) is 2.28. The van der Waals surface area contributed by atoms with Gasteiger partial charge >= 0.3 is 5.97 Å². The van der Waals surface area contributed by atoms with E-state index < -0.39 is 0 Å². The fraction of sp³-hybridized carbons (Fsp3) is 0.167. The normalized spacial score (nSPS) is 14.9. The average molecular weight is 201 g/mol. The van der Waals surface area contributed by atoms with Crippen molar-refractivity contribution in [3.63, 3.8) is 0 Å². The van der Waals surface area contributed by atoms with Gasteiger partial charge in [0.25, 0.3) is 0 Å². The molecule has 0 radical (unpaired) electrons. The van der Waals surface area contributed by atoms with Crippen LogP contribution in [-0.2, 0) is 9.53 Å². The van der Waals surface area contributed by atoms with Gasteiger partial charge in [0.2, 0.25) is 5.90 Å². The molecule has 1 aliphatic heterocycles. The lowest BCUT2D eigenvalue weighted by Crippen LogP contribution is -2.05. The molecule has 15 heavy (non-hydrogen) atoms. The summed E-state index contributed by atoms with van der Waals surface area (Å²) in [5, 5.41) is 0. The van der Waals surface area contributed by atoms with Crippen molar-refractivity contribution in [2.24, 2.45) is 4.99 Å². The van der Waals surface area contributed by atoms with Crippen LogP contribution in [0.25, 0.3) is 0 Å². The Bertz CT molecular complexity index is 454. The molecular formula is C12H11NO2. The molecule has 0 aromatic heterocycles. The van der Waals surface area contributed by atoms with Gasteiger partial charge < -0.3 is 4.74 Å². The molecule has 1 aromatic rings. The number of rotatable bonds is 1. The minimum absolute atomic E-state index is 0.367. The molecule has 0 saturated heterocycles. The van der Waals surface area contributed by atoms with Gasteiger partial charge in [-0.25, -0.2) is 9.79 Å². The summed E-state index contributed by atoms with van der Waals surface area (Å²) in [6, 6.07) is 9.39. The second-order valence-electron chi connectivity index (χ2n) is 3.52. The first-order valence-electron chi connectivity index (χ1n) is 4.72. The minimum atomic E-state index is -0.367. The van der Waals surface area contributed by atoms with Crippen LogP contribution in [0.15, 0.2) is 46.6 Å². The number of benzene rings is 1.